The zero-order valence-electron chi connectivity index (χ0n) is 20.6. The first-order chi connectivity index (χ1) is 15.7. The van der Waals surface area contributed by atoms with Crippen LogP contribution in [0.2, 0.25) is 0 Å². The second kappa shape index (κ2) is 13.8. The van der Waals surface area contributed by atoms with E-state index in [9.17, 15) is 4.39 Å². The Labute approximate surface area is 196 Å². The fourth-order valence-corrected chi connectivity index (χ4v) is 5.34. The summed E-state index contributed by atoms with van der Waals surface area (Å²) in [4.78, 5) is 4.48. The van der Waals surface area contributed by atoms with Crippen molar-refractivity contribution in [2.45, 2.75) is 110 Å². The number of nitrogens with zero attached hydrogens (tertiary/aromatic N) is 1. The Bertz CT molecular complexity index is 774. The fraction of sp³-hybridized carbons (Fsp3) is 0.633. The van der Waals surface area contributed by atoms with E-state index in [1.54, 1.807) is 6.07 Å². The number of halogens is 1. The van der Waals surface area contributed by atoms with E-state index in [-0.39, 0.29) is 5.82 Å². The Morgan fingerprint density at radius 1 is 0.750 bits per heavy atom. The molecule has 2 aromatic rings. The number of aromatic nitrogens is 1. The highest BCUT2D eigenvalue weighted by Gasteiger charge is 2.21. The SMILES string of the molecule is CCCCCCCCC1CCC(CCc2ccc(-c3ccc(CCC)cn3)c(F)c2)CC1. The quantitative estimate of drug-likeness (QED) is 0.284. The number of unbranched alkanes of at least 4 members (excludes halogenated alkanes) is 5. The third kappa shape index (κ3) is 8.01. The van der Waals surface area contributed by atoms with Crippen LogP contribution in [0.4, 0.5) is 4.39 Å². The normalized spacial score (nSPS) is 18.7. The summed E-state index contributed by atoms with van der Waals surface area (Å²) in [7, 11) is 0. The van der Waals surface area contributed by atoms with Crippen molar-refractivity contribution in [1.29, 1.82) is 0 Å². The lowest BCUT2D eigenvalue weighted by atomic mass is 9.77. The molecule has 1 nitrogen and oxygen atoms in total. The lowest BCUT2D eigenvalue weighted by Crippen LogP contribution is -2.15. The highest BCUT2D eigenvalue weighted by Crippen LogP contribution is 2.34. The molecule has 176 valence electrons. The number of rotatable bonds is 13. The topological polar surface area (TPSA) is 12.9 Å². The van der Waals surface area contributed by atoms with Gasteiger partial charge in [0, 0.05) is 11.8 Å². The van der Waals surface area contributed by atoms with Gasteiger partial charge in [-0.3, -0.25) is 4.98 Å². The van der Waals surface area contributed by atoms with Crippen molar-refractivity contribution in [3.05, 3.63) is 53.5 Å². The van der Waals surface area contributed by atoms with Crippen molar-refractivity contribution in [2.24, 2.45) is 11.8 Å². The predicted molar refractivity (Wildman–Crippen MR) is 135 cm³/mol. The van der Waals surface area contributed by atoms with Gasteiger partial charge in [0.15, 0.2) is 0 Å². The van der Waals surface area contributed by atoms with Gasteiger partial charge in [0.25, 0.3) is 0 Å². The Balaban J connectivity index is 1.38. The van der Waals surface area contributed by atoms with Crippen LogP contribution in [-0.4, -0.2) is 4.98 Å². The van der Waals surface area contributed by atoms with Crippen LogP contribution < -0.4 is 0 Å². The van der Waals surface area contributed by atoms with E-state index >= 15 is 0 Å². The van der Waals surface area contributed by atoms with Crippen molar-refractivity contribution >= 4 is 0 Å². The lowest BCUT2D eigenvalue weighted by molar-refractivity contribution is 0.248. The van der Waals surface area contributed by atoms with Crippen molar-refractivity contribution in [3.63, 3.8) is 0 Å². The van der Waals surface area contributed by atoms with E-state index in [4.69, 9.17) is 0 Å². The van der Waals surface area contributed by atoms with E-state index in [1.807, 2.05) is 18.3 Å². The summed E-state index contributed by atoms with van der Waals surface area (Å²) in [5.74, 6) is 1.65. The summed E-state index contributed by atoms with van der Waals surface area (Å²) in [6.45, 7) is 4.45. The number of hydrogen-bond acceptors (Lipinski definition) is 1. The molecule has 1 heterocycles. The molecular formula is C30H44FN. The van der Waals surface area contributed by atoms with E-state index in [2.05, 4.69) is 31.0 Å². The molecule has 32 heavy (non-hydrogen) atoms. The Kier molecular flexibility index (Phi) is 10.7. The predicted octanol–water partition coefficient (Wildman–Crippen LogP) is 9.33. The molecule has 1 aliphatic rings. The van der Waals surface area contributed by atoms with Crippen LogP contribution in [0, 0.1) is 17.7 Å². The molecule has 0 radical (unpaired) electrons. The molecule has 1 fully saturated rings. The van der Waals surface area contributed by atoms with E-state index in [1.165, 1.54) is 82.6 Å². The van der Waals surface area contributed by atoms with Crippen molar-refractivity contribution in [1.82, 2.24) is 4.98 Å². The molecule has 0 spiro atoms. The molecule has 0 saturated heterocycles. The van der Waals surface area contributed by atoms with Crippen LogP contribution in [0.3, 0.4) is 0 Å². The number of benzene rings is 1. The maximum atomic E-state index is 14.8. The molecule has 0 unspecified atom stereocenters. The molecule has 0 N–H and O–H groups in total. The number of hydrogen-bond donors (Lipinski definition) is 0. The molecule has 1 aromatic heterocycles. The molecule has 1 aliphatic carbocycles. The summed E-state index contributed by atoms with van der Waals surface area (Å²) in [6.07, 6.45) is 21.7. The summed E-state index contributed by atoms with van der Waals surface area (Å²) >= 11 is 0. The van der Waals surface area contributed by atoms with Crippen LogP contribution in [0.15, 0.2) is 36.5 Å². The standard InChI is InChI=1S/C30H44FN/c1-3-5-6-7-8-9-11-24-12-14-25(15-13-24)16-17-26-18-20-28(29(31)22-26)30-21-19-27(10-4-2)23-32-30/h18-25H,3-17H2,1-2H3. The average molecular weight is 438 g/mol. The summed E-state index contributed by atoms with van der Waals surface area (Å²) in [5, 5.41) is 0. The molecule has 1 saturated carbocycles. The maximum absolute atomic E-state index is 14.8. The van der Waals surface area contributed by atoms with Gasteiger partial charge in [-0.05, 0) is 60.4 Å². The fourth-order valence-electron chi connectivity index (χ4n) is 5.34. The van der Waals surface area contributed by atoms with Gasteiger partial charge in [0.05, 0.1) is 5.69 Å². The zero-order chi connectivity index (χ0) is 22.6. The van der Waals surface area contributed by atoms with Gasteiger partial charge in [0.2, 0.25) is 0 Å². The van der Waals surface area contributed by atoms with Gasteiger partial charge in [0.1, 0.15) is 5.82 Å². The highest BCUT2D eigenvalue weighted by atomic mass is 19.1. The Morgan fingerprint density at radius 3 is 2.09 bits per heavy atom. The molecule has 3 rings (SSSR count). The minimum atomic E-state index is -0.138. The minimum Gasteiger partial charge on any atom is -0.256 e. The van der Waals surface area contributed by atoms with E-state index in [0.29, 0.717) is 5.56 Å². The molecule has 0 bridgehead atoms. The third-order valence-electron chi connectivity index (χ3n) is 7.45. The average Bonchev–Trinajstić information content (AvgIpc) is 2.82. The summed E-state index contributed by atoms with van der Waals surface area (Å²) < 4.78 is 14.8. The smallest absolute Gasteiger partial charge is 0.132 e. The summed E-state index contributed by atoms with van der Waals surface area (Å²) in [5.41, 5.74) is 3.70. The first-order valence-electron chi connectivity index (χ1n) is 13.4. The largest absolute Gasteiger partial charge is 0.256 e. The van der Waals surface area contributed by atoms with Gasteiger partial charge < -0.3 is 0 Å². The number of aryl methyl sites for hydroxylation is 2. The Hall–Kier alpha value is -1.70. The molecule has 2 heteroatoms. The monoisotopic (exact) mass is 437 g/mol. The van der Waals surface area contributed by atoms with E-state index in [0.717, 1.165) is 42.4 Å². The van der Waals surface area contributed by atoms with Gasteiger partial charge in [-0.2, -0.15) is 0 Å². The Morgan fingerprint density at radius 2 is 1.44 bits per heavy atom. The van der Waals surface area contributed by atoms with Crippen molar-refractivity contribution in [2.75, 3.05) is 0 Å². The van der Waals surface area contributed by atoms with Crippen molar-refractivity contribution < 1.29 is 4.39 Å². The van der Waals surface area contributed by atoms with Crippen molar-refractivity contribution in [3.8, 4) is 11.3 Å². The first kappa shape index (κ1) is 24.9. The minimum absolute atomic E-state index is 0.138. The second-order valence-electron chi connectivity index (χ2n) is 10.1. The molecule has 1 aromatic carbocycles. The van der Waals surface area contributed by atoms with Gasteiger partial charge in [-0.1, -0.05) is 103 Å². The van der Waals surface area contributed by atoms with Crippen LogP contribution >= 0.6 is 0 Å². The van der Waals surface area contributed by atoms with E-state index < -0.39 is 0 Å². The molecular weight excluding hydrogens is 393 g/mol. The third-order valence-corrected chi connectivity index (χ3v) is 7.45. The second-order valence-corrected chi connectivity index (χ2v) is 10.1. The van der Waals surface area contributed by atoms with Gasteiger partial charge in [-0.15, -0.1) is 0 Å². The number of pyridine rings is 1. The highest BCUT2D eigenvalue weighted by molar-refractivity contribution is 5.60. The van der Waals surface area contributed by atoms with Crippen LogP contribution in [-0.2, 0) is 12.8 Å². The summed E-state index contributed by atoms with van der Waals surface area (Å²) in [6, 6.07) is 9.78. The zero-order valence-corrected chi connectivity index (χ0v) is 20.6. The van der Waals surface area contributed by atoms with Crippen LogP contribution in [0.5, 0.6) is 0 Å². The van der Waals surface area contributed by atoms with Crippen LogP contribution in [0.1, 0.15) is 108 Å². The molecule has 0 atom stereocenters. The molecule has 0 amide bonds. The van der Waals surface area contributed by atoms with Gasteiger partial charge in [-0.25, -0.2) is 4.39 Å². The molecule has 0 aliphatic heterocycles. The van der Waals surface area contributed by atoms with Crippen LogP contribution in [0.25, 0.3) is 11.3 Å². The lowest BCUT2D eigenvalue weighted by Gasteiger charge is -2.28. The maximum Gasteiger partial charge on any atom is 0.132 e. The first-order valence-corrected chi connectivity index (χ1v) is 13.4. The van der Waals surface area contributed by atoms with Gasteiger partial charge >= 0.3 is 0 Å².